The number of carbonyl (C=O) groups excluding carboxylic acids is 1. The Morgan fingerprint density at radius 3 is 2.50 bits per heavy atom. The summed E-state index contributed by atoms with van der Waals surface area (Å²) in [6, 6.07) is 5.21. The van der Waals surface area contributed by atoms with Crippen molar-refractivity contribution in [3.05, 3.63) is 35.4 Å². The Balaban J connectivity index is 1.92. The summed E-state index contributed by atoms with van der Waals surface area (Å²) in [7, 11) is 0. The molecule has 0 N–H and O–H groups in total. The molecule has 2 nitrogen and oxygen atoms in total. The van der Waals surface area contributed by atoms with Gasteiger partial charge in [0.1, 0.15) is 0 Å². The van der Waals surface area contributed by atoms with Gasteiger partial charge in [0.2, 0.25) is 5.91 Å². The van der Waals surface area contributed by atoms with E-state index in [2.05, 4.69) is 0 Å². The second kappa shape index (κ2) is 6.29. The minimum absolute atomic E-state index is 0.0436. The van der Waals surface area contributed by atoms with Crippen LogP contribution in [0.25, 0.3) is 0 Å². The number of amides is 1. The summed E-state index contributed by atoms with van der Waals surface area (Å²) in [5.41, 5.74) is -0.0920. The fraction of sp³-hybridized carbons (Fsp3) is 0.533. The molecular weight excluding hydrogens is 267 g/mol. The molecule has 1 fully saturated rings. The number of nitrogens with zero attached hydrogens (tertiary/aromatic N) is 1. The highest BCUT2D eigenvalue weighted by molar-refractivity contribution is 5.76. The highest BCUT2D eigenvalue weighted by atomic mass is 19.4. The van der Waals surface area contributed by atoms with Crippen molar-refractivity contribution >= 4 is 5.91 Å². The number of rotatable bonds is 3. The van der Waals surface area contributed by atoms with E-state index in [-0.39, 0.29) is 12.3 Å². The van der Waals surface area contributed by atoms with Crippen LogP contribution in [0.3, 0.4) is 0 Å². The number of piperidine rings is 1. The van der Waals surface area contributed by atoms with Crippen LogP contribution >= 0.6 is 0 Å². The standard InChI is InChI=1S/C15H18F3NO/c16-15(17,18)13-6-4-5-12(11-13)7-8-14(20)19-9-2-1-3-10-19/h4-6,11H,1-3,7-10H2. The minimum atomic E-state index is -4.33. The first-order chi connectivity index (χ1) is 9.47. The van der Waals surface area contributed by atoms with E-state index in [0.717, 1.165) is 44.5 Å². The van der Waals surface area contributed by atoms with Gasteiger partial charge in [-0.05, 0) is 37.3 Å². The van der Waals surface area contributed by atoms with Crippen LogP contribution in [0.5, 0.6) is 0 Å². The molecule has 1 aliphatic rings. The topological polar surface area (TPSA) is 20.3 Å². The van der Waals surface area contributed by atoms with Crippen LogP contribution in [0.1, 0.15) is 36.8 Å². The monoisotopic (exact) mass is 285 g/mol. The molecule has 1 aromatic rings. The van der Waals surface area contributed by atoms with Gasteiger partial charge in [-0.25, -0.2) is 0 Å². The second-order valence-electron chi connectivity index (χ2n) is 5.14. The molecule has 1 aliphatic heterocycles. The molecule has 5 heteroatoms. The largest absolute Gasteiger partial charge is 0.416 e. The first-order valence-electron chi connectivity index (χ1n) is 6.91. The van der Waals surface area contributed by atoms with E-state index < -0.39 is 11.7 Å². The summed E-state index contributed by atoms with van der Waals surface area (Å²) in [5, 5.41) is 0. The van der Waals surface area contributed by atoms with E-state index in [4.69, 9.17) is 0 Å². The first kappa shape index (κ1) is 14.9. The van der Waals surface area contributed by atoms with Gasteiger partial charge in [-0.1, -0.05) is 18.2 Å². The number of hydrogen-bond acceptors (Lipinski definition) is 1. The van der Waals surface area contributed by atoms with Gasteiger partial charge in [0.05, 0.1) is 5.56 Å². The molecule has 1 amide bonds. The van der Waals surface area contributed by atoms with E-state index in [1.807, 2.05) is 4.90 Å². The van der Waals surface area contributed by atoms with Crippen molar-refractivity contribution in [1.82, 2.24) is 4.90 Å². The van der Waals surface area contributed by atoms with Crippen molar-refractivity contribution in [3.63, 3.8) is 0 Å². The normalized spacial score (nSPS) is 16.2. The molecule has 20 heavy (non-hydrogen) atoms. The van der Waals surface area contributed by atoms with Crippen LogP contribution in [0.15, 0.2) is 24.3 Å². The van der Waals surface area contributed by atoms with Crippen molar-refractivity contribution in [2.75, 3.05) is 13.1 Å². The summed E-state index contributed by atoms with van der Waals surface area (Å²) in [6.07, 6.45) is -0.491. The van der Waals surface area contributed by atoms with Crippen molar-refractivity contribution < 1.29 is 18.0 Å². The molecule has 0 radical (unpaired) electrons. The Kier molecular flexibility index (Phi) is 4.68. The number of alkyl halides is 3. The van der Waals surface area contributed by atoms with Gasteiger partial charge in [0.25, 0.3) is 0 Å². The Morgan fingerprint density at radius 1 is 1.15 bits per heavy atom. The Hall–Kier alpha value is -1.52. The zero-order chi connectivity index (χ0) is 14.6. The van der Waals surface area contributed by atoms with Crippen LogP contribution in [0.2, 0.25) is 0 Å². The predicted octanol–water partition coefficient (Wildman–Crippen LogP) is 3.65. The first-order valence-corrected chi connectivity index (χ1v) is 6.91. The SMILES string of the molecule is O=C(CCc1cccc(C(F)(F)F)c1)N1CCCCC1. The van der Waals surface area contributed by atoms with E-state index in [0.29, 0.717) is 12.0 Å². The van der Waals surface area contributed by atoms with E-state index in [9.17, 15) is 18.0 Å². The lowest BCUT2D eigenvalue weighted by Crippen LogP contribution is -2.35. The third-order valence-corrected chi connectivity index (χ3v) is 3.59. The van der Waals surface area contributed by atoms with Gasteiger partial charge in [-0.15, -0.1) is 0 Å². The molecule has 0 aromatic heterocycles. The van der Waals surface area contributed by atoms with Gasteiger partial charge in [-0.2, -0.15) is 13.2 Å². The second-order valence-corrected chi connectivity index (χ2v) is 5.14. The molecular formula is C15H18F3NO. The van der Waals surface area contributed by atoms with Crippen LogP contribution < -0.4 is 0 Å². The maximum Gasteiger partial charge on any atom is 0.416 e. The molecule has 0 saturated carbocycles. The fourth-order valence-electron chi connectivity index (χ4n) is 2.46. The van der Waals surface area contributed by atoms with Crippen LogP contribution in [0.4, 0.5) is 13.2 Å². The Bertz CT molecular complexity index is 464. The summed E-state index contributed by atoms with van der Waals surface area (Å²) < 4.78 is 37.7. The molecule has 0 unspecified atom stereocenters. The van der Waals surface area contributed by atoms with Gasteiger partial charge in [0.15, 0.2) is 0 Å². The van der Waals surface area contributed by atoms with Crippen molar-refractivity contribution in [2.45, 2.75) is 38.3 Å². The van der Waals surface area contributed by atoms with E-state index in [1.54, 1.807) is 6.07 Å². The van der Waals surface area contributed by atoms with Crippen LogP contribution in [-0.4, -0.2) is 23.9 Å². The summed E-state index contributed by atoms with van der Waals surface area (Å²) in [4.78, 5) is 13.8. The zero-order valence-corrected chi connectivity index (χ0v) is 11.2. The third-order valence-electron chi connectivity index (χ3n) is 3.59. The van der Waals surface area contributed by atoms with Crippen LogP contribution in [0, 0.1) is 0 Å². The smallest absolute Gasteiger partial charge is 0.343 e. The maximum atomic E-state index is 12.6. The Labute approximate surface area is 116 Å². The highest BCUT2D eigenvalue weighted by Gasteiger charge is 2.30. The van der Waals surface area contributed by atoms with Crippen molar-refractivity contribution in [1.29, 1.82) is 0 Å². The lowest BCUT2D eigenvalue weighted by atomic mass is 10.0. The van der Waals surface area contributed by atoms with E-state index >= 15 is 0 Å². The summed E-state index contributed by atoms with van der Waals surface area (Å²) in [5.74, 6) is 0.0436. The number of carbonyl (C=O) groups is 1. The molecule has 0 spiro atoms. The summed E-state index contributed by atoms with van der Waals surface area (Å²) >= 11 is 0. The van der Waals surface area contributed by atoms with Crippen molar-refractivity contribution in [3.8, 4) is 0 Å². The van der Waals surface area contributed by atoms with Crippen molar-refractivity contribution in [2.24, 2.45) is 0 Å². The van der Waals surface area contributed by atoms with Gasteiger partial charge >= 0.3 is 6.18 Å². The molecule has 1 saturated heterocycles. The quantitative estimate of drug-likeness (QED) is 0.830. The predicted molar refractivity (Wildman–Crippen MR) is 70.2 cm³/mol. The number of aryl methyl sites for hydroxylation is 1. The lowest BCUT2D eigenvalue weighted by molar-refractivity contribution is -0.137. The zero-order valence-electron chi connectivity index (χ0n) is 11.2. The number of likely N-dealkylation sites (tertiary alicyclic amines) is 1. The molecule has 1 heterocycles. The summed E-state index contributed by atoms with van der Waals surface area (Å²) in [6.45, 7) is 1.56. The van der Waals surface area contributed by atoms with Gasteiger partial charge in [-0.3, -0.25) is 4.79 Å². The number of hydrogen-bond donors (Lipinski definition) is 0. The molecule has 1 aromatic carbocycles. The Morgan fingerprint density at radius 2 is 1.85 bits per heavy atom. The molecule has 0 bridgehead atoms. The van der Waals surface area contributed by atoms with Gasteiger partial charge < -0.3 is 4.90 Å². The molecule has 110 valence electrons. The fourth-order valence-corrected chi connectivity index (χ4v) is 2.46. The molecule has 0 aliphatic carbocycles. The molecule has 0 atom stereocenters. The highest BCUT2D eigenvalue weighted by Crippen LogP contribution is 2.29. The molecule has 2 rings (SSSR count). The lowest BCUT2D eigenvalue weighted by Gasteiger charge is -2.26. The average Bonchev–Trinajstić information content (AvgIpc) is 2.45. The van der Waals surface area contributed by atoms with Gasteiger partial charge in [0, 0.05) is 19.5 Å². The van der Waals surface area contributed by atoms with E-state index in [1.165, 1.54) is 6.07 Å². The maximum absolute atomic E-state index is 12.6. The third kappa shape index (κ3) is 3.99. The minimum Gasteiger partial charge on any atom is -0.343 e. The average molecular weight is 285 g/mol. The number of benzene rings is 1. The number of halogens is 3. The van der Waals surface area contributed by atoms with Crippen LogP contribution in [-0.2, 0) is 17.4 Å².